The van der Waals surface area contributed by atoms with Gasteiger partial charge in [-0.2, -0.15) is 4.98 Å². The van der Waals surface area contributed by atoms with Crippen LogP contribution in [0.3, 0.4) is 0 Å². The minimum atomic E-state index is -0.447. The molecule has 0 aliphatic rings. The number of aryl methyl sites for hydroxylation is 2. The van der Waals surface area contributed by atoms with E-state index >= 15 is 0 Å². The molecular weight excluding hydrogens is 294 g/mol. The van der Waals surface area contributed by atoms with Gasteiger partial charge in [0.05, 0.1) is 4.92 Å². The van der Waals surface area contributed by atoms with Crippen molar-refractivity contribution in [2.45, 2.75) is 26.7 Å². The first-order valence-electron chi connectivity index (χ1n) is 6.46. The Balaban J connectivity index is 2.27. The van der Waals surface area contributed by atoms with Gasteiger partial charge in [0.1, 0.15) is 16.7 Å². The number of nitrogens with zero attached hydrogens (tertiary/aromatic N) is 3. The van der Waals surface area contributed by atoms with Crippen LogP contribution in [0.25, 0.3) is 0 Å². The lowest BCUT2D eigenvalue weighted by atomic mass is 10.2. The van der Waals surface area contributed by atoms with Gasteiger partial charge in [0.2, 0.25) is 5.88 Å². The van der Waals surface area contributed by atoms with Crippen molar-refractivity contribution < 1.29 is 9.66 Å². The summed E-state index contributed by atoms with van der Waals surface area (Å²) < 4.78 is 5.65. The molecule has 21 heavy (non-hydrogen) atoms. The number of hydrogen-bond acceptors (Lipinski definition) is 5. The minimum Gasteiger partial charge on any atom is -0.439 e. The van der Waals surface area contributed by atoms with Crippen molar-refractivity contribution in [1.29, 1.82) is 0 Å². The Morgan fingerprint density at radius 1 is 1.33 bits per heavy atom. The highest BCUT2D eigenvalue weighted by atomic mass is 35.5. The number of aromatic nitrogens is 2. The van der Waals surface area contributed by atoms with Gasteiger partial charge in [0, 0.05) is 24.6 Å². The number of hydrogen-bond donors (Lipinski definition) is 0. The molecule has 0 saturated carbocycles. The van der Waals surface area contributed by atoms with Crippen LogP contribution in [0.4, 0.5) is 5.69 Å². The molecule has 1 aromatic heterocycles. The molecule has 7 heteroatoms. The molecule has 1 aromatic carbocycles. The minimum absolute atomic E-state index is 0.0206. The topological polar surface area (TPSA) is 78.2 Å². The first-order chi connectivity index (χ1) is 9.99. The summed E-state index contributed by atoms with van der Waals surface area (Å²) in [5.41, 5.74) is 0.670. The maximum absolute atomic E-state index is 10.7. The van der Waals surface area contributed by atoms with Gasteiger partial charge in [0.25, 0.3) is 5.69 Å². The Morgan fingerprint density at radius 2 is 2.10 bits per heavy atom. The second kappa shape index (κ2) is 6.49. The zero-order valence-corrected chi connectivity index (χ0v) is 12.4. The van der Waals surface area contributed by atoms with Crippen LogP contribution >= 0.6 is 11.6 Å². The van der Waals surface area contributed by atoms with Crippen molar-refractivity contribution in [2.75, 3.05) is 0 Å². The van der Waals surface area contributed by atoms with Crippen LogP contribution in [-0.4, -0.2) is 14.9 Å². The molecule has 0 spiro atoms. The number of non-ortho nitro benzene ring substituents is 1. The van der Waals surface area contributed by atoms with E-state index < -0.39 is 4.92 Å². The molecule has 2 rings (SSSR count). The van der Waals surface area contributed by atoms with E-state index in [9.17, 15) is 10.1 Å². The van der Waals surface area contributed by atoms with E-state index in [1.54, 1.807) is 13.0 Å². The molecule has 110 valence electrons. The first-order valence-corrected chi connectivity index (χ1v) is 6.83. The molecule has 0 N–H and O–H groups in total. The van der Waals surface area contributed by atoms with Gasteiger partial charge in [-0.15, -0.1) is 0 Å². The van der Waals surface area contributed by atoms with Crippen molar-refractivity contribution in [1.82, 2.24) is 9.97 Å². The van der Waals surface area contributed by atoms with Gasteiger partial charge < -0.3 is 4.74 Å². The zero-order valence-electron chi connectivity index (χ0n) is 11.7. The van der Waals surface area contributed by atoms with E-state index in [-0.39, 0.29) is 5.69 Å². The normalized spacial score (nSPS) is 10.4. The van der Waals surface area contributed by atoms with E-state index in [2.05, 4.69) is 9.97 Å². The summed E-state index contributed by atoms with van der Waals surface area (Å²) in [5, 5.41) is 11.0. The summed E-state index contributed by atoms with van der Waals surface area (Å²) in [6.45, 7) is 3.75. The largest absolute Gasteiger partial charge is 0.439 e. The van der Waals surface area contributed by atoms with Gasteiger partial charge >= 0.3 is 0 Å². The number of halogens is 1. The smallest absolute Gasteiger partial charge is 0.269 e. The second-order valence-corrected chi connectivity index (χ2v) is 4.89. The number of benzene rings is 1. The predicted molar refractivity (Wildman–Crippen MR) is 78.9 cm³/mol. The summed E-state index contributed by atoms with van der Waals surface area (Å²) in [5.74, 6) is 1.44. The molecule has 0 fully saturated rings. The molecule has 0 bridgehead atoms. The molecular formula is C14H14ClN3O3. The quantitative estimate of drug-likeness (QED) is 0.472. The Hall–Kier alpha value is -2.21. The fraction of sp³-hybridized carbons (Fsp3) is 0.286. The average Bonchev–Trinajstić information content (AvgIpc) is 2.40. The zero-order chi connectivity index (χ0) is 15.4. The van der Waals surface area contributed by atoms with Gasteiger partial charge in [0.15, 0.2) is 0 Å². The highest BCUT2D eigenvalue weighted by Crippen LogP contribution is 2.28. The maximum atomic E-state index is 10.7. The Kier molecular flexibility index (Phi) is 4.70. The number of nitro benzene ring substituents is 1. The van der Waals surface area contributed by atoms with Crippen LogP contribution in [-0.2, 0) is 6.42 Å². The lowest BCUT2D eigenvalue weighted by molar-refractivity contribution is -0.384. The van der Waals surface area contributed by atoms with E-state index in [0.29, 0.717) is 34.6 Å². The third-order valence-electron chi connectivity index (χ3n) is 2.78. The molecule has 0 aliphatic heterocycles. The Bertz CT molecular complexity index is 677. The molecule has 0 amide bonds. The van der Waals surface area contributed by atoms with Crippen molar-refractivity contribution in [2.24, 2.45) is 0 Å². The number of rotatable bonds is 5. The van der Waals surface area contributed by atoms with Crippen molar-refractivity contribution in [3.63, 3.8) is 0 Å². The number of ether oxygens (including phenoxy) is 1. The molecule has 0 aliphatic carbocycles. The Morgan fingerprint density at radius 3 is 2.71 bits per heavy atom. The van der Waals surface area contributed by atoms with Gasteiger partial charge in [-0.3, -0.25) is 10.1 Å². The molecule has 0 unspecified atom stereocenters. The van der Waals surface area contributed by atoms with Crippen LogP contribution in [0.1, 0.15) is 24.7 Å². The van der Waals surface area contributed by atoms with Gasteiger partial charge in [-0.05, 0) is 25.0 Å². The summed E-state index contributed by atoms with van der Waals surface area (Å²) in [4.78, 5) is 18.6. The highest BCUT2D eigenvalue weighted by Gasteiger charge is 2.11. The third kappa shape index (κ3) is 3.88. The molecule has 0 atom stereocenters. The molecule has 6 nitrogen and oxygen atoms in total. The highest BCUT2D eigenvalue weighted by molar-refractivity contribution is 6.29. The molecule has 0 radical (unpaired) electrons. The third-order valence-corrected chi connectivity index (χ3v) is 2.97. The van der Waals surface area contributed by atoms with Crippen LogP contribution in [0.15, 0.2) is 24.3 Å². The summed E-state index contributed by atoms with van der Waals surface area (Å²) in [6.07, 6.45) is 1.60. The SMILES string of the molecule is CCCc1nc(Cl)cc(Oc2ccc([N+](=O)[O-])cc2C)n1. The van der Waals surface area contributed by atoms with Gasteiger partial charge in [-0.1, -0.05) is 18.5 Å². The van der Waals surface area contributed by atoms with Crippen molar-refractivity contribution in [3.05, 3.63) is 50.9 Å². The fourth-order valence-corrected chi connectivity index (χ4v) is 1.99. The number of nitro groups is 1. The predicted octanol–water partition coefficient (Wildman–Crippen LogP) is 4.09. The summed E-state index contributed by atoms with van der Waals surface area (Å²) >= 11 is 5.94. The van der Waals surface area contributed by atoms with Crippen LogP contribution in [0.5, 0.6) is 11.6 Å². The fourth-order valence-electron chi connectivity index (χ4n) is 1.80. The van der Waals surface area contributed by atoms with Crippen LogP contribution in [0, 0.1) is 17.0 Å². The maximum Gasteiger partial charge on any atom is 0.269 e. The van der Waals surface area contributed by atoms with E-state index in [0.717, 1.165) is 6.42 Å². The average molecular weight is 308 g/mol. The molecule has 2 aromatic rings. The van der Waals surface area contributed by atoms with Crippen LogP contribution < -0.4 is 4.74 Å². The van der Waals surface area contributed by atoms with Gasteiger partial charge in [-0.25, -0.2) is 4.98 Å². The van der Waals surface area contributed by atoms with Crippen molar-refractivity contribution in [3.8, 4) is 11.6 Å². The Labute approximate surface area is 126 Å². The lowest BCUT2D eigenvalue weighted by Gasteiger charge is -2.09. The summed E-state index contributed by atoms with van der Waals surface area (Å²) in [7, 11) is 0. The molecule has 0 saturated heterocycles. The standard InChI is InChI=1S/C14H14ClN3O3/c1-3-4-13-16-12(15)8-14(17-13)21-11-6-5-10(18(19)20)7-9(11)2/h5-8H,3-4H2,1-2H3. The van der Waals surface area contributed by atoms with E-state index in [4.69, 9.17) is 16.3 Å². The van der Waals surface area contributed by atoms with E-state index in [1.807, 2.05) is 6.92 Å². The lowest BCUT2D eigenvalue weighted by Crippen LogP contribution is -1.98. The first kappa shape index (κ1) is 15.2. The summed E-state index contributed by atoms with van der Waals surface area (Å²) in [6, 6.07) is 5.90. The second-order valence-electron chi connectivity index (χ2n) is 4.50. The monoisotopic (exact) mass is 307 g/mol. The van der Waals surface area contributed by atoms with Crippen LogP contribution in [0.2, 0.25) is 5.15 Å². The van der Waals surface area contributed by atoms with E-state index in [1.165, 1.54) is 18.2 Å². The molecule has 1 heterocycles. The van der Waals surface area contributed by atoms with Crippen molar-refractivity contribution >= 4 is 17.3 Å².